The highest BCUT2D eigenvalue weighted by Gasteiger charge is 2.00. The highest BCUT2D eigenvalue weighted by molar-refractivity contribution is 5.93. The van der Waals surface area contributed by atoms with Crippen LogP contribution in [0.2, 0.25) is 0 Å². The van der Waals surface area contributed by atoms with Gasteiger partial charge < -0.3 is 5.43 Å². The Kier molecular flexibility index (Phi) is 1.06. The smallest absolute Gasteiger partial charge is 0.158 e. The lowest BCUT2D eigenvalue weighted by atomic mass is 10.3. The molecule has 3 nitrogen and oxygen atoms in total. The van der Waals surface area contributed by atoms with Crippen LogP contribution >= 0.6 is 0 Å². The molecule has 1 aliphatic heterocycles. The van der Waals surface area contributed by atoms with Crippen LogP contribution in [0.3, 0.4) is 0 Å². The van der Waals surface area contributed by atoms with Gasteiger partial charge in [-0.05, 0) is 0 Å². The fourth-order valence-corrected chi connectivity index (χ4v) is 0.418. The number of rotatable bonds is 0. The number of carbonyl (C=O) groups excluding carboxylic acids is 1. The van der Waals surface area contributed by atoms with E-state index in [0.717, 1.165) is 0 Å². The zero-order chi connectivity index (χ0) is 5.11. The molecule has 0 aromatic carbocycles. The first-order valence-electron chi connectivity index (χ1n) is 2.15. The van der Waals surface area contributed by atoms with E-state index in [0.29, 0.717) is 13.0 Å². The lowest BCUT2D eigenvalue weighted by molar-refractivity contribution is -0.117. The molecule has 0 bridgehead atoms. The molecule has 38 valence electrons. The van der Waals surface area contributed by atoms with Crippen LogP contribution in [-0.4, -0.2) is 18.5 Å². The van der Waals surface area contributed by atoms with Crippen LogP contribution in [0.4, 0.5) is 0 Å². The van der Waals surface area contributed by atoms with E-state index < -0.39 is 0 Å². The maximum atomic E-state index is 10.3. The fraction of sp³-hybridized carbons (Fsp3) is 0.500. The lowest BCUT2D eigenvalue weighted by Crippen LogP contribution is -2.22. The molecule has 0 saturated carbocycles. The molecule has 0 saturated heterocycles. The Bertz CT molecular complexity index is 108. The molecule has 0 radical (unpaired) electrons. The zero-order valence-electron chi connectivity index (χ0n) is 3.85. The first-order valence-corrected chi connectivity index (χ1v) is 2.15. The Labute approximate surface area is 41.4 Å². The molecule has 0 aromatic rings. The molecule has 3 heteroatoms. The summed E-state index contributed by atoms with van der Waals surface area (Å²) < 4.78 is 0. The molecule has 0 amide bonds. The normalized spacial score (nSPS) is 19.1. The Morgan fingerprint density at radius 3 is 3.00 bits per heavy atom. The summed E-state index contributed by atoms with van der Waals surface area (Å²) in [7, 11) is 0. The monoisotopic (exact) mass is 98.0 g/mol. The summed E-state index contributed by atoms with van der Waals surface area (Å²) in [5.41, 5.74) is 2.55. The van der Waals surface area contributed by atoms with E-state index >= 15 is 0 Å². The van der Waals surface area contributed by atoms with E-state index in [9.17, 15) is 4.79 Å². The summed E-state index contributed by atoms with van der Waals surface area (Å²) in [4.78, 5) is 10.3. The molecule has 1 aliphatic rings. The molecule has 1 heterocycles. The average molecular weight is 98.1 g/mol. The third-order valence-corrected chi connectivity index (χ3v) is 0.778. The minimum absolute atomic E-state index is 0.204. The molecule has 7 heavy (non-hydrogen) atoms. The van der Waals surface area contributed by atoms with Crippen LogP contribution in [0.5, 0.6) is 0 Å². The van der Waals surface area contributed by atoms with Gasteiger partial charge in [0.15, 0.2) is 5.78 Å². The van der Waals surface area contributed by atoms with Crippen molar-refractivity contribution in [2.24, 2.45) is 5.10 Å². The second-order valence-corrected chi connectivity index (χ2v) is 1.39. The molecule has 0 aliphatic carbocycles. The SMILES string of the molecule is O=C1CC=NNC1. The Balaban J connectivity index is 2.47. The molecular weight excluding hydrogens is 92.1 g/mol. The summed E-state index contributed by atoms with van der Waals surface area (Å²) in [5.74, 6) is 0.204. The van der Waals surface area contributed by atoms with E-state index in [1.807, 2.05) is 0 Å². The first kappa shape index (κ1) is 4.30. The molecule has 0 aromatic heterocycles. The van der Waals surface area contributed by atoms with Crippen LogP contribution < -0.4 is 5.43 Å². The van der Waals surface area contributed by atoms with Crippen LogP contribution in [0.25, 0.3) is 0 Å². The molecule has 1 N–H and O–H groups in total. The van der Waals surface area contributed by atoms with Gasteiger partial charge in [0.05, 0.1) is 6.54 Å². The zero-order valence-corrected chi connectivity index (χ0v) is 3.85. The molecule has 0 atom stereocenters. The summed E-state index contributed by atoms with van der Waals surface area (Å²) in [6.45, 7) is 0.399. The average Bonchev–Trinajstić information content (AvgIpc) is 1.69. The molecule has 1 rings (SSSR count). The van der Waals surface area contributed by atoms with Gasteiger partial charge in [0, 0.05) is 12.6 Å². The fourth-order valence-electron chi connectivity index (χ4n) is 0.418. The number of nitrogens with zero attached hydrogens (tertiary/aromatic N) is 1. The van der Waals surface area contributed by atoms with Gasteiger partial charge in [-0.1, -0.05) is 0 Å². The van der Waals surface area contributed by atoms with Crippen LogP contribution in [-0.2, 0) is 4.79 Å². The maximum Gasteiger partial charge on any atom is 0.158 e. The van der Waals surface area contributed by atoms with Gasteiger partial charge in [-0.3, -0.25) is 4.79 Å². The quantitative estimate of drug-likeness (QED) is 0.445. The van der Waals surface area contributed by atoms with Crippen molar-refractivity contribution in [3.05, 3.63) is 0 Å². The molecule has 0 fully saturated rings. The Morgan fingerprint density at radius 1 is 1.86 bits per heavy atom. The van der Waals surface area contributed by atoms with Gasteiger partial charge in [-0.25, -0.2) is 0 Å². The summed E-state index contributed by atoms with van der Waals surface area (Å²) in [5, 5.41) is 3.63. The summed E-state index contributed by atoms with van der Waals surface area (Å²) in [6.07, 6.45) is 2.07. The van der Waals surface area contributed by atoms with E-state index in [1.165, 1.54) is 0 Å². The van der Waals surface area contributed by atoms with Crippen molar-refractivity contribution in [3.8, 4) is 0 Å². The topological polar surface area (TPSA) is 41.5 Å². The third-order valence-electron chi connectivity index (χ3n) is 0.778. The number of ketones is 1. The predicted molar refractivity (Wildman–Crippen MR) is 26.1 cm³/mol. The molecule has 0 spiro atoms. The molecular formula is C4H6N2O. The minimum Gasteiger partial charge on any atom is -0.303 e. The highest BCUT2D eigenvalue weighted by Crippen LogP contribution is 1.81. The first-order chi connectivity index (χ1) is 3.39. The number of hydrogen-bond donors (Lipinski definition) is 1. The van der Waals surface area contributed by atoms with E-state index in [-0.39, 0.29) is 5.78 Å². The summed E-state index contributed by atoms with van der Waals surface area (Å²) in [6, 6.07) is 0. The number of Topliss-reactive ketones (excluding diaryl/α,β-unsaturated/α-hetero) is 1. The van der Waals surface area contributed by atoms with E-state index in [2.05, 4.69) is 10.5 Å². The van der Waals surface area contributed by atoms with Crippen molar-refractivity contribution in [1.82, 2.24) is 5.43 Å². The van der Waals surface area contributed by atoms with Crippen molar-refractivity contribution in [2.75, 3.05) is 6.54 Å². The van der Waals surface area contributed by atoms with Crippen molar-refractivity contribution >= 4 is 12.0 Å². The van der Waals surface area contributed by atoms with Crippen molar-refractivity contribution in [2.45, 2.75) is 6.42 Å². The van der Waals surface area contributed by atoms with Crippen LogP contribution in [0.1, 0.15) is 6.42 Å². The van der Waals surface area contributed by atoms with Gasteiger partial charge in [0.2, 0.25) is 0 Å². The maximum absolute atomic E-state index is 10.3. The van der Waals surface area contributed by atoms with Crippen molar-refractivity contribution in [3.63, 3.8) is 0 Å². The van der Waals surface area contributed by atoms with Crippen molar-refractivity contribution in [1.29, 1.82) is 0 Å². The standard InChI is InChI=1S/C4H6N2O/c7-4-1-2-5-6-3-4/h2,6H,1,3H2. The van der Waals surface area contributed by atoms with Gasteiger partial charge >= 0.3 is 0 Å². The van der Waals surface area contributed by atoms with Gasteiger partial charge in [-0.2, -0.15) is 5.10 Å². The number of hydrazone groups is 1. The Morgan fingerprint density at radius 2 is 2.71 bits per heavy atom. The largest absolute Gasteiger partial charge is 0.303 e. The van der Waals surface area contributed by atoms with E-state index in [1.54, 1.807) is 6.21 Å². The van der Waals surface area contributed by atoms with Gasteiger partial charge in [-0.15, -0.1) is 0 Å². The predicted octanol–water partition coefficient (Wildman–Crippen LogP) is -0.465. The second kappa shape index (κ2) is 1.73. The van der Waals surface area contributed by atoms with Crippen molar-refractivity contribution < 1.29 is 4.79 Å². The summed E-state index contributed by atoms with van der Waals surface area (Å²) >= 11 is 0. The third kappa shape index (κ3) is 0.994. The molecule has 0 unspecified atom stereocenters. The lowest BCUT2D eigenvalue weighted by Gasteiger charge is -2.00. The van der Waals surface area contributed by atoms with Crippen LogP contribution in [0, 0.1) is 0 Å². The highest BCUT2D eigenvalue weighted by atomic mass is 16.1. The van der Waals surface area contributed by atoms with Gasteiger partial charge in [0.25, 0.3) is 0 Å². The number of nitrogens with one attached hydrogen (secondary N) is 1. The second-order valence-electron chi connectivity index (χ2n) is 1.39. The minimum atomic E-state index is 0.204. The van der Waals surface area contributed by atoms with Gasteiger partial charge in [0.1, 0.15) is 0 Å². The number of hydrogen-bond acceptors (Lipinski definition) is 3. The van der Waals surface area contributed by atoms with E-state index in [4.69, 9.17) is 0 Å². The Hall–Kier alpha value is -0.860. The number of carbonyl (C=O) groups is 1. The van der Waals surface area contributed by atoms with Crippen LogP contribution in [0.15, 0.2) is 5.10 Å².